The van der Waals surface area contributed by atoms with E-state index in [1.54, 1.807) is 12.1 Å². The van der Waals surface area contributed by atoms with Crippen molar-refractivity contribution in [2.24, 2.45) is 0 Å². The highest BCUT2D eigenvalue weighted by Gasteiger charge is 2.36. The molecule has 38 heavy (non-hydrogen) atoms. The van der Waals surface area contributed by atoms with Gasteiger partial charge in [0, 0.05) is 36.6 Å². The first kappa shape index (κ1) is 26.5. The number of rotatable bonds is 7. The Morgan fingerprint density at radius 1 is 0.895 bits per heavy atom. The number of urea groups is 1. The van der Waals surface area contributed by atoms with Crippen LogP contribution in [0, 0.1) is 0 Å². The first-order valence-electron chi connectivity index (χ1n) is 11.0. The molecule has 4 rings (SSSR count). The molecule has 0 aliphatic heterocycles. The molecule has 2 aromatic heterocycles. The van der Waals surface area contributed by atoms with Crippen molar-refractivity contribution in [3.63, 3.8) is 0 Å². The van der Waals surface area contributed by atoms with E-state index in [-0.39, 0.29) is 30.0 Å². The van der Waals surface area contributed by atoms with Gasteiger partial charge in [-0.25, -0.2) is 9.48 Å². The highest BCUT2D eigenvalue weighted by atomic mass is 19.4. The number of carbonyl (C=O) groups excluding carboxylic acids is 1. The zero-order valence-corrected chi connectivity index (χ0v) is 19.3. The number of nitrogens with one attached hydrogen (secondary N) is 2. The minimum absolute atomic E-state index is 0.0129. The quantitative estimate of drug-likeness (QED) is 0.291. The van der Waals surface area contributed by atoms with Crippen LogP contribution in [-0.4, -0.2) is 27.2 Å². The number of para-hydroxylation sites is 1. The number of aromatic nitrogens is 3. The van der Waals surface area contributed by atoms with Crippen molar-refractivity contribution in [1.29, 1.82) is 0 Å². The molecule has 7 nitrogen and oxygen atoms in total. The summed E-state index contributed by atoms with van der Waals surface area (Å²) in [6.45, 7) is -0.214. The third kappa shape index (κ3) is 6.81. The van der Waals surface area contributed by atoms with Crippen LogP contribution in [0.15, 0.2) is 79.1 Å². The molecular weight excluding hydrogens is 516 g/mol. The minimum atomic E-state index is -4.87. The zero-order valence-electron chi connectivity index (χ0n) is 19.3. The summed E-state index contributed by atoms with van der Waals surface area (Å²) in [7, 11) is 0. The van der Waals surface area contributed by atoms with Gasteiger partial charge in [-0.2, -0.15) is 18.3 Å². The molecule has 2 N–H and O–H groups in total. The Balaban J connectivity index is 1.40. The predicted octanol–water partition coefficient (Wildman–Crippen LogP) is 5.85. The summed E-state index contributed by atoms with van der Waals surface area (Å²) in [4.78, 5) is 16.0. The summed E-state index contributed by atoms with van der Waals surface area (Å²) in [5.41, 5.74) is 0.414. The van der Waals surface area contributed by atoms with E-state index < -0.39 is 30.0 Å². The van der Waals surface area contributed by atoms with Gasteiger partial charge in [0.2, 0.25) is 0 Å². The second-order valence-corrected chi connectivity index (χ2v) is 7.92. The Labute approximate surface area is 212 Å². The Morgan fingerprint density at radius 3 is 2.26 bits per heavy atom. The van der Waals surface area contributed by atoms with E-state index in [0.717, 1.165) is 16.8 Å². The molecule has 198 valence electrons. The van der Waals surface area contributed by atoms with Crippen molar-refractivity contribution in [3.8, 4) is 22.7 Å². The first-order valence-corrected chi connectivity index (χ1v) is 11.0. The fourth-order valence-electron chi connectivity index (χ4n) is 3.48. The molecule has 4 aromatic rings. The molecule has 0 radical (unpaired) electrons. The van der Waals surface area contributed by atoms with Crippen molar-refractivity contribution < 1.29 is 35.9 Å². The Morgan fingerprint density at radius 2 is 1.61 bits per heavy atom. The molecule has 0 saturated heterocycles. The Bertz CT molecular complexity index is 1390. The molecule has 0 atom stereocenters. The van der Waals surface area contributed by atoms with Crippen molar-refractivity contribution in [3.05, 3.63) is 95.9 Å². The highest BCUT2D eigenvalue weighted by Crippen LogP contribution is 2.34. The van der Waals surface area contributed by atoms with Crippen LogP contribution in [0.25, 0.3) is 16.9 Å². The lowest BCUT2D eigenvalue weighted by molar-refractivity contribution is -0.274. The van der Waals surface area contributed by atoms with E-state index in [1.165, 1.54) is 54.9 Å². The molecule has 0 bridgehead atoms. The molecule has 2 heterocycles. The Hall–Kier alpha value is -4.55. The molecule has 0 unspecified atom stereocenters. The van der Waals surface area contributed by atoms with Gasteiger partial charge in [0.05, 0.1) is 11.4 Å². The zero-order chi connectivity index (χ0) is 27.3. The van der Waals surface area contributed by atoms with Crippen LogP contribution in [0.1, 0.15) is 16.8 Å². The molecule has 13 heteroatoms. The SMILES string of the molecule is O=C(NCc1ccc(-n2nc(-c3cccnc3)cc2C(F)(F)F)cc1)NCc1ccccc1OC(F)(F)F. The van der Waals surface area contributed by atoms with E-state index in [1.807, 2.05) is 0 Å². The summed E-state index contributed by atoms with van der Waals surface area (Å²) >= 11 is 0. The largest absolute Gasteiger partial charge is 0.573 e. The predicted molar refractivity (Wildman–Crippen MR) is 124 cm³/mol. The van der Waals surface area contributed by atoms with Crippen LogP contribution in [0.2, 0.25) is 0 Å². The monoisotopic (exact) mass is 535 g/mol. The fourth-order valence-corrected chi connectivity index (χ4v) is 3.48. The summed E-state index contributed by atoms with van der Waals surface area (Å²) in [5, 5.41) is 9.07. The highest BCUT2D eigenvalue weighted by molar-refractivity contribution is 5.74. The number of hydrogen-bond donors (Lipinski definition) is 2. The van der Waals surface area contributed by atoms with Crippen LogP contribution in [-0.2, 0) is 19.3 Å². The lowest BCUT2D eigenvalue weighted by Crippen LogP contribution is -2.34. The number of halogens is 6. The second-order valence-electron chi connectivity index (χ2n) is 7.92. The molecule has 0 aliphatic carbocycles. The van der Waals surface area contributed by atoms with E-state index in [4.69, 9.17) is 0 Å². The lowest BCUT2D eigenvalue weighted by Gasteiger charge is -2.14. The van der Waals surface area contributed by atoms with E-state index in [2.05, 4.69) is 25.5 Å². The number of ether oxygens (including phenoxy) is 1. The molecule has 0 aliphatic rings. The van der Waals surface area contributed by atoms with E-state index >= 15 is 0 Å². The van der Waals surface area contributed by atoms with Crippen LogP contribution in [0.4, 0.5) is 31.1 Å². The molecule has 0 spiro atoms. The van der Waals surface area contributed by atoms with Crippen LogP contribution >= 0.6 is 0 Å². The van der Waals surface area contributed by atoms with Crippen LogP contribution in [0.3, 0.4) is 0 Å². The molecule has 2 amide bonds. The van der Waals surface area contributed by atoms with Crippen molar-refractivity contribution >= 4 is 6.03 Å². The van der Waals surface area contributed by atoms with E-state index in [0.29, 0.717) is 11.1 Å². The average molecular weight is 535 g/mol. The number of carbonyl (C=O) groups is 1. The normalized spacial score (nSPS) is 11.7. The van der Waals surface area contributed by atoms with E-state index in [9.17, 15) is 31.1 Å². The maximum absolute atomic E-state index is 13.7. The number of benzene rings is 2. The topological polar surface area (TPSA) is 81.1 Å². The van der Waals surface area contributed by atoms with Gasteiger partial charge >= 0.3 is 18.6 Å². The molecule has 0 saturated carbocycles. The lowest BCUT2D eigenvalue weighted by atomic mass is 10.2. The second kappa shape index (κ2) is 10.8. The van der Waals surface area contributed by atoms with Crippen molar-refractivity contribution in [1.82, 2.24) is 25.4 Å². The third-order valence-corrected chi connectivity index (χ3v) is 5.23. The third-order valence-electron chi connectivity index (χ3n) is 5.23. The maximum Gasteiger partial charge on any atom is 0.573 e. The summed E-state index contributed by atoms with van der Waals surface area (Å²) in [6, 6.07) is 14.7. The molecular formula is C25H19F6N5O2. The van der Waals surface area contributed by atoms with Gasteiger partial charge in [0.1, 0.15) is 11.4 Å². The maximum atomic E-state index is 13.7. The summed E-state index contributed by atoms with van der Waals surface area (Å²) < 4.78 is 83.3. The first-order chi connectivity index (χ1) is 18.0. The van der Waals surface area contributed by atoms with Gasteiger partial charge in [-0.15, -0.1) is 13.2 Å². The summed E-state index contributed by atoms with van der Waals surface area (Å²) in [5.74, 6) is -0.431. The number of hydrogen-bond acceptors (Lipinski definition) is 4. The van der Waals surface area contributed by atoms with Gasteiger partial charge in [-0.3, -0.25) is 4.98 Å². The standard InChI is InChI=1S/C25H19F6N5O2/c26-24(27,28)22-12-20(17-5-3-11-32-14-17)35-36(22)19-9-7-16(8-10-19)13-33-23(37)34-15-18-4-1-2-6-21(18)38-25(29,30)31/h1-12,14H,13,15H2,(H2,33,34,37). The van der Waals surface area contributed by atoms with Gasteiger partial charge in [0.15, 0.2) is 0 Å². The number of alkyl halides is 6. The number of amides is 2. The summed E-state index contributed by atoms with van der Waals surface area (Å²) in [6.07, 6.45) is -6.62. The number of pyridine rings is 1. The Kier molecular flexibility index (Phi) is 7.55. The van der Waals surface area contributed by atoms with Gasteiger partial charge in [-0.05, 0) is 42.0 Å². The fraction of sp³-hybridized carbons (Fsp3) is 0.160. The van der Waals surface area contributed by atoms with Gasteiger partial charge in [-0.1, -0.05) is 30.3 Å². The minimum Gasteiger partial charge on any atom is -0.405 e. The number of nitrogens with zero attached hydrogens (tertiary/aromatic N) is 3. The van der Waals surface area contributed by atoms with Crippen LogP contribution in [0.5, 0.6) is 5.75 Å². The smallest absolute Gasteiger partial charge is 0.405 e. The average Bonchev–Trinajstić information content (AvgIpc) is 3.33. The van der Waals surface area contributed by atoms with Crippen LogP contribution < -0.4 is 15.4 Å². The van der Waals surface area contributed by atoms with Crippen molar-refractivity contribution in [2.75, 3.05) is 0 Å². The molecule has 2 aromatic carbocycles. The van der Waals surface area contributed by atoms with Gasteiger partial charge < -0.3 is 15.4 Å². The molecule has 0 fully saturated rings. The van der Waals surface area contributed by atoms with Crippen molar-refractivity contribution in [2.45, 2.75) is 25.6 Å². The van der Waals surface area contributed by atoms with Gasteiger partial charge in [0.25, 0.3) is 0 Å².